The predicted octanol–water partition coefficient (Wildman–Crippen LogP) is 2.58. The zero-order valence-electron chi connectivity index (χ0n) is 8.25. The lowest BCUT2D eigenvalue weighted by atomic mass is 10.3. The summed E-state index contributed by atoms with van der Waals surface area (Å²) in [5.74, 6) is -0.676. The molecule has 3 N–H and O–H groups in total. The highest BCUT2D eigenvalue weighted by Crippen LogP contribution is 2.33. The second-order valence-electron chi connectivity index (χ2n) is 2.83. The van der Waals surface area contributed by atoms with Crippen molar-refractivity contribution in [3.05, 3.63) is 35.1 Å². The van der Waals surface area contributed by atoms with E-state index in [-0.39, 0.29) is 16.8 Å². The highest BCUT2D eigenvalue weighted by Gasteiger charge is 2.31. The zero-order chi connectivity index (χ0) is 13.1. The minimum Gasteiger partial charge on any atom is -0.420 e. The molecule has 0 radical (unpaired) electrons. The van der Waals surface area contributed by atoms with Crippen molar-refractivity contribution in [1.82, 2.24) is 4.98 Å². The fraction of sp³-hybridized carbons (Fsp3) is 0.111. The third kappa shape index (κ3) is 3.63. The lowest BCUT2D eigenvalue weighted by Gasteiger charge is -2.09. The van der Waals surface area contributed by atoms with Crippen molar-refractivity contribution in [2.75, 3.05) is 0 Å². The average molecular weight is 266 g/mol. The molecule has 0 saturated heterocycles. The third-order valence-electron chi connectivity index (χ3n) is 1.59. The van der Waals surface area contributed by atoms with E-state index in [0.29, 0.717) is 12.3 Å². The Morgan fingerprint density at radius 2 is 2.18 bits per heavy atom. The molecule has 0 unspecified atom stereocenters. The van der Waals surface area contributed by atoms with Crippen molar-refractivity contribution in [3.8, 4) is 5.88 Å². The molecule has 0 amide bonds. The van der Waals surface area contributed by atoms with Crippen LogP contribution in [0.1, 0.15) is 5.56 Å². The van der Waals surface area contributed by atoms with Gasteiger partial charge in [0.1, 0.15) is 5.02 Å². The van der Waals surface area contributed by atoms with Crippen LogP contribution in [0.25, 0.3) is 0 Å². The van der Waals surface area contributed by atoms with E-state index < -0.39 is 11.7 Å². The first-order valence-electron chi connectivity index (χ1n) is 4.22. The Hall–Kier alpha value is -1.76. The van der Waals surface area contributed by atoms with Gasteiger partial charge in [0.2, 0.25) is 11.8 Å². The summed E-state index contributed by atoms with van der Waals surface area (Å²) < 4.78 is 41.6. The van der Waals surface area contributed by atoms with Crippen LogP contribution in [-0.4, -0.2) is 10.9 Å². The van der Waals surface area contributed by atoms with Gasteiger partial charge < -0.3 is 10.5 Å². The Balaban J connectivity index is 2.95. The summed E-state index contributed by atoms with van der Waals surface area (Å²) in [4.78, 5) is 3.38. The second-order valence-corrected chi connectivity index (χ2v) is 3.24. The first kappa shape index (κ1) is 13.3. The lowest BCUT2D eigenvalue weighted by Crippen LogP contribution is -2.09. The fourth-order valence-corrected chi connectivity index (χ4v) is 1.09. The molecular weight excluding hydrogens is 259 g/mol. The molecule has 4 nitrogen and oxygen atoms in total. The molecule has 0 atom stereocenters. The molecular formula is C9H7ClF3N3O. The van der Waals surface area contributed by atoms with Gasteiger partial charge in [0, 0.05) is 12.3 Å². The Morgan fingerprint density at radius 1 is 1.53 bits per heavy atom. The summed E-state index contributed by atoms with van der Waals surface area (Å²) in [5, 5.41) is 6.85. The van der Waals surface area contributed by atoms with E-state index in [0.717, 1.165) is 12.3 Å². The Morgan fingerprint density at radius 3 is 2.65 bits per heavy atom. The largest absolute Gasteiger partial charge is 0.420 e. The summed E-state index contributed by atoms with van der Waals surface area (Å²) in [6.07, 6.45) is -1.82. The van der Waals surface area contributed by atoms with Gasteiger partial charge in [-0.1, -0.05) is 11.6 Å². The van der Waals surface area contributed by atoms with Gasteiger partial charge >= 0.3 is 6.18 Å². The summed E-state index contributed by atoms with van der Waals surface area (Å²) in [6.45, 7) is 0. The van der Waals surface area contributed by atoms with Crippen LogP contribution in [0.4, 0.5) is 13.2 Å². The summed E-state index contributed by atoms with van der Waals surface area (Å²) in [5.41, 5.74) is 4.01. The minimum atomic E-state index is -4.53. The van der Waals surface area contributed by atoms with Crippen molar-refractivity contribution in [3.63, 3.8) is 0 Å². The summed E-state index contributed by atoms with van der Waals surface area (Å²) in [7, 11) is 0. The molecule has 0 fully saturated rings. The number of rotatable bonds is 2. The number of hydrogen-bond donors (Lipinski definition) is 2. The third-order valence-corrected chi connectivity index (χ3v) is 1.86. The summed E-state index contributed by atoms with van der Waals surface area (Å²) in [6, 6.07) is 0.670. The van der Waals surface area contributed by atoms with Crippen molar-refractivity contribution in [2.45, 2.75) is 6.18 Å². The molecule has 0 aliphatic heterocycles. The van der Waals surface area contributed by atoms with Crippen molar-refractivity contribution in [2.24, 2.45) is 5.73 Å². The normalized spacial score (nSPS) is 11.8. The minimum absolute atomic E-state index is 0.289. The zero-order valence-corrected chi connectivity index (χ0v) is 9.01. The number of nitrogens with zero attached hydrogens (tertiary/aromatic N) is 1. The van der Waals surface area contributed by atoms with E-state index >= 15 is 0 Å². The Labute approximate surface area is 99.4 Å². The Kier molecular flexibility index (Phi) is 3.95. The molecule has 8 heteroatoms. The van der Waals surface area contributed by atoms with Gasteiger partial charge in [-0.3, -0.25) is 5.41 Å². The van der Waals surface area contributed by atoms with Gasteiger partial charge in [-0.2, -0.15) is 13.2 Å². The number of alkyl halides is 3. The van der Waals surface area contributed by atoms with Gasteiger partial charge in [-0.25, -0.2) is 4.98 Å². The maximum atomic E-state index is 12.3. The highest BCUT2D eigenvalue weighted by atomic mass is 35.5. The Bertz CT molecular complexity index is 459. The van der Waals surface area contributed by atoms with Gasteiger partial charge in [-0.15, -0.1) is 0 Å². The van der Waals surface area contributed by atoms with Gasteiger partial charge in [0.25, 0.3) is 0 Å². The first-order chi connectivity index (χ1) is 7.84. The van der Waals surface area contributed by atoms with Crippen molar-refractivity contribution >= 4 is 17.5 Å². The smallest absolute Gasteiger partial charge is 0.417 e. The highest BCUT2D eigenvalue weighted by molar-refractivity contribution is 6.32. The molecule has 0 saturated carbocycles. The standard InChI is InChI=1S/C9H7ClF3N3O/c10-6-3-5(9(11,12)13)4-16-8(6)17-7(15)1-2-14/h1-4,15H,14H2/b2-1-,15-7?. The van der Waals surface area contributed by atoms with E-state index in [4.69, 9.17) is 27.5 Å². The van der Waals surface area contributed by atoms with Crippen molar-refractivity contribution < 1.29 is 17.9 Å². The predicted molar refractivity (Wildman–Crippen MR) is 55.9 cm³/mol. The molecule has 1 heterocycles. The molecule has 1 aromatic rings. The van der Waals surface area contributed by atoms with Crippen LogP contribution >= 0.6 is 11.6 Å². The number of halogens is 4. The van der Waals surface area contributed by atoms with Crippen LogP contribution in [0.5, 0.6) is 5.88 Å². The molecule has 1 rings (SSSR count). The number of pyridine rings is 1. The average Bonchev–Trinajstić information content (AvgIpc) is 2.20. The van der Waals surface area contributed by atoms with E-state index in [1.54, 1.807) is 0 Å². The fourth-order valence-electron chi connectivity index (χ4n) is 0.881. The first-order valence-corrected chi connectivity index (χ1v) is 4.60. The molecule has 0 aliphatic rings. The SMILES string of the molecule is N=C(/C=C\N)Oc1ncc(C(F)(F)F)cc1Cl. The molecule has 0 bridgehead atoms. The van der Waals surface area contributed by atoms with Crippen LogP contribution in [0.15, 0.2) is 24.5 Å². The summed E-state index contributed by atoms with van der Waals surface area (Å²) >= 11 is 5.54. The molecule has 17 heavy (non-hydrogen) atoms. The number of ether oxygens (including phenoxy) is 1. The van der Waals surface area contributed by atoms with Gasteiger partial charge in [0.15, 0.2) is 0 Å². The molecule has 0 aromatic carbocycles. The lowest BCUT2D eigenvalue weighted by molar-refractivity contribution is -0.137. The van der Waals surface area contributed by atoms with Crippen LogP contribution in [0.2, 0.25) is 5.02 Å². The van der Waals surface area contributed by atoms with E-state index in [1.165, 1.54) is 0 Å². The maximum Gasteiger partial charge on any atom is 0.417 e. The number of nitrogens with one attached hydrogen (secondary N) is 1. The molecule has 92 valence electrons. The number of hydrogen-bond acceptors (Lipinski definition) is 4. The van der Waals surface area contributed by atoms with Gasteiger partial charge in [-0.05, 0) is 12.3 Å². The van der Waals surface area contributed by atoms with Crippen LogP contribution in [0, 0.1) is 5.41 Å². The molecule has 0 spiro atoms. The maximum absolute atomic E-state index is 12.3. The molecule has 1 aromatic heterocycles. The quantitative estimate of drug-likeness (QED) is 0.638. The monoisotopic (exact) mass is 265 g/mol. The van der Waals surface area contributed by atoms with Crippen LogP contribution in [-0.2, 0) is 6.18 Å². The van der Waals surface area contributed by atoms with Crippen LogP contribution in [0.3, 0.4) is 0 Å². The molecule has 0 aliphatic carbocycles. The van der Waals surface area contributed by atoms with Gasteiger partial charge in [0.05, 0.1) is 5.56 Å². The van der Waals surface area contributed by atoms with Crippen LogP contribution < -0.4 is 10.5 Å². The topological polar surface area (TPSA) is 72.0 Å². The van der Waals surface area contributed by atoms with Crippen molar-refractivity contribution in [1.29, 1.82) is 5.41 Å². The van der Waals surface area contributed by atoms with E-state index in [1.807, 2.05) is 0 Å². The van der Waals surface area contributed by atoms with E-state index in [2.05, 4.69) is 4.98 Å². The number of nitrogens with two attached hydrogens (primary N) is 1. The van der Waals surface area contributed by atoms with E-state index in [9.17, 15) is 13.2 Å². The number of aromatic nitrogens is 1. The second kappa shape index (κ2) is 5.05.